The van der Waals surface area contributed by atoms with E-state index in [1.807, 2.05) is 0 Å². The smallest absolute Gasteiger partial charge is 0.389 e. The second-order valence-electron chi connectivity index (χ2n) is 4.05. The zero-order valence-electron chi connectivity index (χ0n) is 9.58. The van der Waals surface area contributed by atoms with Crippen LogP contribution >= 0.6 is 0 Å². The largest absolute Gasteiger partial charge is 0.497 e. The van der Waals surface area contributed by atoms with Gasteiger partial charge in [-0.2, -0.15) is 13.2 Å². The van der Waals surface area contributed by atoms with Crippen LogP contribution in [0.15, 0.2) is 18.2 Å². The van der Waals surface area contributed by atoms with Crippen molar-refractivity contribution >= 4 is 5.78 Å². The summed E-state index contributed by atoms with van der Waals surface area (Å²) in [5, 5.41) is 0. The normalized spacial score (nSPS) is 19.1. The fraction of sp³-hybridized carbons (Fsp3) is 0.417. The lowest BCUT2D eigenvalue weighted by molar-refractivity contribution is -0.143. The highest BCUT2D eigenvalue weighted by Crippen LogP contribution is 2.35. The summed E-state index contributed by atoms with van der Waals surface area (Å²) in [5.41, 5.74) is 0.177. The Bertz CT molecular complexity index is 468. The zero-order valence-corrected chi connectivity index (χ0v) is 9.58. The number of hydrogen-bond donors (Lipinski definition) is 0. The standard InChI is InChI=1S/C12H11F3O3/c1-17-8-2-3-9-10(4-8)18-6-7(11(9)16)5-12(13,14)15/h2-4,7H,5-6H2,1H3. The van der Waals surface area contributed by atoms with Gasteiger partial charge in [-0.3, -0.25) is 4.79 Å². The third-order valence-electron chi connectivity index (χ3n) is 2.74. The maximum Gasteiger partial charge on any atom is 0.389 e. The molecule has 1 aromatic carbocycles. The topological polar surface area (TPSA) is 35.5 Å². The third kappa shape index (κ3) is 2.57. The van der Waals surface area contributed by atoms with Crippen molar-refractivity contribution in [2.75, 3.05) is 13.7 Å². The number of ether oxygens (including phenoxy) is 2. The first-order chi connectivity index (χ1) is 8.40. The summed E-state index contributed by atoms with van der Waals surface area (Å²) in [4.78, 5) is 11.9. The van der Waals surface area contributed by atoms with Crippen LogP contribution in [-0.4, -0.2) is 25.7 Å². The van der Waals surface area contributed by atoms with Gasteiger partial charge >= 0.3 is 6.18 Å². The molecule has 2 rings (SSSR count). The van der Waals surface area contributed by atoms with Crippen LogP contribution in [0.4, 0.5) is 13.2 Å². The molecule has 0 saturated heterocycles. The number of rotatable bonds is 2. The number of alkyl halides is 3. The van der Waals surface area contributed by atoms with Crippen molar-refractivity contribution in [3.05, 3.63) is 23.8 Å². The van der Waals surface area contributed by atoms with E-state index in [4.69, 9.17) is 9.47 Å². The van der Waals surface area contributed by atoms with Crippen LogP contribution in [0.2, 0.25) is 0 Å². The average molecular weight is 260 g/mol. The van der Waals surface area contributed by atoms with E-state index < -0.39 is 24.3 Å². The number of benzene rings is 1. The Morgan fingerprint density at radius 1 is 1.44 bits per heavy atom. The monoisotopic (exact) mass is 260 g/mol. The van der Waals surface area contributed by atoms with Gasteiger partial charge in [-0.15, -0.1) is 0 Å². The lowest BCUT2D eigenvalue weighted by atomic mass is 9.92. The Kier molecular flexibility index (Phi) is 3.19. The SMILES string of the molecule is COc1ccc2c(c1)OCC(CC(F)(F)F)C2=O. The van der Waals surface area contributed by atoms with Gasteiger partial charge in [0.25, 0.3) is 0 Å². The van der Waals surface area contributed by atoms with Crippen molar-refractivity contribution in [1.82, 2.24) is 0 Å². The van der Waals surface area contributed by atoms with Gasteiger partial charge in [0.15, 0.2) is 5.78 Å². The minimum absolute atomic E-state index is 0.177. The number of Topliss-reactive ketones (excluding diaryl/α,β-unsaturated/α-hetero) is 1. The fourth-order valence-corrected chi connectivity index (χ4v) is 1.87. The molecule has 3 nitrogen and oxygen atoms in total. The van der Waals surface area contributed by atoms with E-state index in [9.17, 15) is 18.0 Å². The molecule has 1 unspecified atom stereocenters. The highest BCUT2D eigenvalue weighted by molar-refractivity contribution is 6.01. The summed E-state index contributed by atoms with van der Waals surface area (Å²) in [6, 6.07) is 4.45. The van der Waals surface area contributed by atoms with Crippen molar-refractivity contribution in [2.24, 2.45) is 5.92 Å². The highest BCUT2D eigenvalue weighted by atomic mass is 19.4. The van der Waals surface area contributed by atoms with Crippen molar-refractivity contribution in [1.29, 1.82) is 0 Å². The Balaban J connectivity index is 2.23. The average Bonchev–Trinajstić information content (AvgIpc) is 2.31. The molecule has 0 aromatic heterocycles. The van der Waals surface area contributed by atoms with Crippen LogP contribution in [0.25, 0.3) is 0 Å². The van der Waals surface area contributed by atoms with Crippen LogP contribution in [0, 0.1) is 5.92 Å². The summed E-state index contributed by atoms with van der Waals surface area (Å²) in [6.45, 7) is -0.251. The molecule has 0 saturated carbocycles. The molecule has 6 heteroatoms. The molecule has 1 aliphatic rings. The van der Waals surface area contributed by atoms with Gasteiger partial charge in [-0.1, -0.05) is 0 Å². The van der Waals surface area contributed by atoms with Crippen LogP contribution in [0.1, 0.15) is 16.8 Å². The summed E-state index contributed by atoms with van der Waals surface area (Å²) >= 11 is 0. The number of methoxy groups -OCH3 is 1. The van der Waals surface area contributed by atoms with Gasteiger partial charge in [0.1, 0.15) is 11.5 Å². The lowest BCUT2D eigenvalue weighted by Crippen LogP contribution is -2.31. The molecule has 0 aliphatic carbocycles. The predicted molar refractivity (Wildman–Crippen MR) is 57.0 cm³/mol. The molecule has 0 N–H and O–H groups in total. The quantitative estimate of drug-likeness (QED) is 0.820. The van der Waals surface area contributed by atoms with Gasteiger partial charge in [-0.25, -0.2) is 0 Å². The Hall–Kier alpha value is -1.72. The fourth-order valence-electron chi connectivity index (χ4n) is 1.87. The van der Waals surface area contributed by atoms with E-state index >= 15 is 0 Å². The molecule has 1 heterocycles. The summed E-state index contributed by atoms with van der Waals surface area (Å²) in [6.07, 6.45) is -5.52. The van der Waals surface area contributed by atoms with E-state index in [1.54, 1.807) is 0 Å². The van der Waals surface area contributed by atoms with Crippen molar-refractivity contribution < 1.29 is 27.4 Å². The molecule has 0 amide bonds. The Morgan fingerprint density at radius 2 is 2.17 bits per heavy atom. The number of hydrogen-bond acceptors (Lipinski definition) is 3. The lowest BCUT2D eigenvalue weighted by Gasteiger charge is -2.25. The van der Waals surface area contributed by atoms with E-state index in [0.29, 0.717) is 5.75 Å². The molecular formula is C12H11F3O3. The summed E-state index contributed by atoms with van der Waals surface area (Å²) in [7, 11) is 1.46. The van der Waals surface area contributed by atoms with Gasteiger partial charge in [-0.05, 0) is 12.1 Å². The Labute approximate surface area is 102 Å². The number of halogens is 3. The second-order valence-corrected chi connectivity index (χ2v) is 4.05. The first-order valence-electron chi connectivity index (χ1n) is 5.32. The highest BCUT2D eigenvalue weighted by Gasteiger charge is 2.38. The van der Waals surface area contributed by atoms with Gasteiger partial charge in [0.05, 0.1) is 31.6 Å². The third-order valence-corrected chi connectivity index (χ3v) is 2.74. The van der Waals surface area contributed by atoms with E-state index in [-0.39, 0.29) is 17.9 Å². The number of ketones is 1. The molecule has 0 radical (unpaired) electrons. The van der Waals surface area contributed by atoms with Gasteiger partial charge in [0.2, 0.25) is 0 Å². The van der Waals surface area contributed by atoms with Crippen LogP contribution in [-0.2, 0) is 0 Å². The number of carbonyl (C=O) groups excluding carboxylic acids is 1. The van der Waals surface area contributed by atoms with Crippen LogP contribution in [0.5, 0.6) is 11.5 Å². The zero-order chi connectivity index (χ0) is 13.3. The van der Waals surface area contributed by atoms with Crippen LogP contribution in [0.3, 0.4) is 0 Å². The Morgan fingerprint density at radius 3 is 2.78 bits per heavy atom. The molecule has 98 valence electrons. The van der Waals surface area contributed by atoms with Crippen molar-refractivity contribution in [2.45, 2.75) is 12.6 Å². The molecule has 0 bridgehead atoms. The number of carbonyl (C=O) groups is 1. The van der Waals surface area contributed by atoms with Crippen LogP contribution < -0.4 is 9.47 Å². The molecule has 18 heavy (non-hydrogen) atoms. The van der Waals surface area contributed by atoms with E-state index in [2.05, 4.69) is 0 Å². The van der Waals surface area contributed by atoms with Gasteiger partial charge in [0, 0.05) is 6.07 Å². The molecule has 1 atom stereocenters. The minimum Gasteiger partial charge on any atom is -0.497 e. The summed E-state index contributed by atoms with van der Waals surface area (Å²) in [5.74, 6) is -0.921. The van der Waals surface area contributed by atoms with Crippen molar-refractivity contribution in [3.8, 4) is 11.5 Å². The number of fused-ring (bicyclic) bond motifs is 1. The van der Waals surface area contributed by atoms with E-state index in [0.717, 1.165) is 0 Å². The molecule has 1 aromatic rings. The predicted octanol–water partition coefficient (Wildman–Crippen LogP) is 2.84. The minimum atomic E-state index is -4.37. The maximum absolute atomic E-state index is 12.3. The molecule has 0 fully saturated rings. The summed E-state index contributed by atoms with van der Waals surface area (Å²) < 4.78 is 47.0. The van der Waals surface area contributed by atoms with Gasteiger partial charge < -0.3 is 9.47 Å². The molecular weight excluding hydrogens is 249 g/mol. The molecule has 1 aliphatic heterocycles. The first kappa shape index (κ1) is 12.7. The van der Waals surface area contributed by atoms with Crippen molar-refractivity contribution in [3.63, 3.8) is 0 Å². The first-order valence-corrected chi connectivity index (χ1v) is 5.32. The van der Waals surface area contributed by atoms with E-state index in [1.165, 1.54) is 25.3 Å². The maximum atomic E-state index is 12.3. The molecule has 0 spiro atoms. The second kappa shape index (κ2) is 4.51.